The summed E-state index contributed by atoms with van der Waals surface area (Å²) in [4.78, 5) is 0. The molecule has 1 rings (SSSR count). The summed E-state index contributed by atoms with van der Waals surface area (Å²) in [5.41, 5.74) is 6.91. The molecule has 0 aliphatic heterocycles. The average Bonchev–Trinajstić information content (AvgIpc) is 1.89. The Morgan fingerprint density at radius 2 is 2.33 bits per heavy atom. The van der Waals surface area contributed by atoms with Crippen LogP contribution in [0.3, 0.4) is 0 Å². The SMILES string of the molecule is C=C1CCCCC1CN. The molecule has 0 amide bonds. The van der Waals surface area contributed by atoms with Crippen molar-refractivity contribution >= 4 is 0 Å². The molecule has 1 saturated carbocycles. The zero-order chi connectivity index (χ0) is 6.69. The van der Waals surface area contributed by atoms with E-state index < -0.39 is 0 Å². The van der Waals surface area contributed by atoms with Crippen molar-refractivity contribution in [2.24, 2.45) is 11.7 Å². The summed E-state index contributed by atoms with van der Waals surface area (Å²) in [5, 5.41) is 0. The van der Waals surface area contributed by atoms with E-state index in [1.54, 1.807) is 0 Å². The molecule has 1 nitrogen and oxygen atoms in total. The molecule has 1 heteroatoms. The van der Waals surface area contributed by atoms with Crippen LogP contribution in [-0.2, 0) is 0 Å². The van der Waals surface area contributed by atoms with E-state index in [1.807, 2.05) is 0 Å². The lowest BCUT2D eigenvalue weighted by Crippen LogP contribution is -2.18. The van der Waals surface area contributed by atoms with Gasteiger partial charge in [-0.3, -0.25) is 0 Å². The molecule has 1 atom stereocenters. The second-order valence-electron chi connectivity index (χ2n) is 2.84. The molecule has 0 aromatic heterocycles. The summed E-state index contributed by atoms with van der Waals surface area (Å²) in [6.07, 6.45) is 5.16. The summed E-state index contributed by atoms with van der Waals surface area (Å²) in [6, 6.07) is 0. The van der Waals surface area contributed by atoms with Gasteiger partial charge in [0.15, 0.2) is 0 Å². The summed E-state index contributed by atoms with van der Waals surface area (Å²) < 4.78 is 0. The summed E-state index contributed by atoms with van der Waals surface area (Å²) in [7, 11) is 0. The van der Waals surface area contributed by atoms with Gasteiger partial charge in [0.2, 0.25) is 0 Å². The zero-order valence-electron chi connectivity index (χ0n) is 5.90. The van der Waals surface area contributed by atoms with Gasteiger partial charge in [0, 0.05) is 0 Å². The molecule has 0 aromatic carbocycles. The highest BCUT2D eigenvalue weighted by molar-refractivity contribution is 5.03. The Balaban J connectivity index is 2.39. The minimum absolute atomic E-state index is 0.638. The predicted octanol–water partition coefficient (Wildman–Crippen LogP) is 1.69. The van der Waals surface area contributed by atoms with Crippen LogP contribution < -0.4 is 5.73 Å². The summed E-state index contributed by atoms with van der Waals surface area (Å²) in [5.74, 6) is 0.638. The van der Waals surface area contributed by atoms with Gasteiger partial charge < -0.3 is 5.73 Å². The molecule has 9 heavy (non-hydrogen) atoms. The third-order valence-electron chi connectivity index (χ3n) is 2.16. The second-order valence-corrected chi connectivity index (χ2v) is 2.84. The van der Waals surface area contributed by atoms with Crippen molar-refractivity contribution in [2.45, 2.75) is 25.7 Å². The monoisotopic (exact) mass is 125 g/mol. The lowest BCUT2D eigenvalue weighted by Gasteiger charge is -2.22. The summed E-state index contributed by atoms with van der Waals surface area (Å²) in [6.45, 7) is 4.79. The Kier molecular flexibility index (Phi) is 2.29. The molecule has 1 aliphatic carbocycles. The number of hydrogen-bond donors (Lipinski definition) is 1. The molecule has 0 saturated heterocycles. The zero-order valence-corrected chi connectivity index (χ0v) is 5.90. The highest BCUT2D eigenvalue weighted by atomic mass is 14.5. The smallest absolute Gasteiger partial charge is 0.00116 e. The molecule has 0 aromatic rings. The van der Waals surface area contributed by atoms with Crippen LogP contribution in [0.4, 0.5) is 0 Å². The predicted molar refractivity (Wildman–Crippen MR) is 40.2 cm³/mol. The van der Waals surface area contributed by atoms with Gasteiger partial charge in [0.1, 0.15) is 0 Å². The van der Waals surface area contributed by atoms with Crippen molar-refractivity contribution in [3.05, 3.63) is 12.2 Å². The highest BCUT2D eigenvalue weighted by Crippen LogP contribution is 2.26. The van der Waals surface area contributed by atoms with Crippen LogP contribution in [0.2, 0.25) is 0 Å². The van der Waals surface area contributed by atoms with Gasteiger partial charge >= 0.3 is 0 Å². The molecule has 0 spiro atoms. The van der Waals surface area contributed by atoms with Gasteiger partial charge in [-0.1, -0.05) is 18.6 Å². The number of hydrogen-bond acceptors (Lipinski definition) is 1. The van der Waals surface area contributed by atoms with E-state index in [0.29, 0.717) is 5.92 Å². The third kappa shape index (κ3) is 1.55. The van der Waals surface area contributed by atoms with E-state index in [0.717, 1.165) is 6.54 Å². The van der Waals surface area contributed by atoms with E-state index in [4.69, 9.17) is 5.73 Å². The topological polar surface area (TPSA) is 26.0 Å². The van der Waals surface area contributed by atoms with Crippen molar-refractivity contribution in [2.75, 3.05) is 6.54 Å². The Hall–Kier alpha value is -0.300. The first-order valence-electron chi connectivity index (χ1n) is 3.72. The van der Waals surface area contributed by atoms with E-state index in [1.165, 1.54) is 31.3 Å². The van der Waals surface area contributed by atoms with Crippen molar-refractivity contribution in [1.82, 2.24) is 0 Å². The first-order chi connectivity index (χ1) is 4.34. The molecule has 0 heterocycles. The maximum absolute atomic E-state index is 5.53. The maximum atomic E-state index is 5.53. The molecular formula is C8H15N. The largest absolute Gasteiger partial charge is 0.330 e. The van der Waals surface area contributed by atoms with Crippen LogP contribution in [-0.4, -0.2) is 6.54 Å². The van der Waals surface area contributed by atoms with E-state index in [2.05, 4.69) is 6.58 Å². The molecule has 1 aliphatic rings. The van der Waals surface area contributed by atoms with Crippen LogP contribution in [0.25, 0.3) is 0 Å². The Morgan fingerprint density at radius 1 is 1.56 bits per heavy atom. The van der Waals surface area contributed by atoms with Gasteiger partial charge in [0.25, 0.3) is 0 Å². The fraction of sp³-hybridized carbons (Fsp3) is 0.750. The average molecular weight is 125 g/mol. The molecule has 52 valence electrons. The Bertz CT molecular complexity index is 107. The van der Waals surface area contributed by atoms with Crippen LogP contribution in [0.1, 0.15) is 25.7 Å². The third-order valence-corrected chi connectivity index (χ3v) is 2.16. The normalized spacial score (nSPS) is 28.6. The van der Waals surface area contributed by atoms with Crippen molar-refractivity contribution in [3.8, 4) is 0 Å². The van der Waals surface area contributed by atoms with Gasteiger partial charge in [-0.15, -0.1) is 0 Å². The quantitative estimate of drug-likeness (QED) is 0.530. The fourth-order valence-corrected chi connectivity index (χ4v) is 1.44. The van der Waals surface area contributed by atoms with E-state index in [9.17, 15) is 0 Å². The summed E-state index contributed by atoms with van der Waals surface area (Å²) >= 11 is 0. The van der Waals surface area contributed by atoms with Crippen LogP contribution >= 0.6 is 0 Å². The molecule has 1 unspecified atom stereocenters. The van der Waals surface area contributed by atoms with E-state index >= 15 is 0 Å². The highest BCUT2D eigenvalue weighted by Gasteiger charge is 2.14. The van der Waals surface area contributed by atoms with Crippen LogP contribution in [0, 0.1) is 5.92 Å². The molecule has 2 N–H and O–H groups in total. The minimum atomic E-state index is 0.638. The van der Waals surface area contributed by atoms with Gasteiger partial charge in [-0.05, 0) is 31.7 Å². The van der Waals surface area contributed by atoms with Crippen molar-refractivity contribution in [1.29, 1.82) is 0 Å². The van der Waals surface area contributed by atoms with Gasteiger partial charge in [0.05, 0.1) is 0 Å². The standard InChI is InChI=1S/C8H15N/c1-7-4-2-3-5-8(7)6-9/h8H,1-6,9H2. The lowest BCUT2D eigenvalue weighted by atomic mass is 9.85. The maximum Gasteiger partial charge on any atom is -0.00116 e. The van der Waals surface area contributed by atoms with Crippen molar-refractivity contribution in [3.63, 3.8) is 0 Å². The fourth-order valence-electron chi connectivity index (χ4n) is 1.44. The second kappa shape index (κ2) is 3.02. The Morgan fingerprint density at radius 3 is 2.78 bits per heavy atom. The molecule has 0 radical (unpaired) electrons. The van der Waals surface area contributed by atoms with Gasteiger partial charge in [-0.25, -0.2) is 0 Å². The first-order valence-corrected chi connectivity index (χ1v) is 3.72. The molecule has 1 fully saturated rings. The van der Waals surface area contributed by atoms with E-state index in [-0.39, 0.29) is 0 Å². The number of nitrogens with two attached hydrogens (primary N) is 1. The first kappa shape index (κ1) is 6.81. The minimum Gasteiger partial charge on any atom is -0.330 e. The number of rotatable bonds is 1. The molecular weight excluding hydrogens is 110 g/mol. The Labute approximate surface area is 56.9 Å². The van der Waals surface area contributed by atoms with Crippen LogP contribution in [0.15, 0.2) is 12.2 Å². The van der Waals surface area contributed by atoms with Crippen LogP contribution in [0.5, 0.6) is 0 Å². The van der Waals surface area contributed by atoms with Crippen molar-refractivity contribution < 1.29 is 0 Å². The molecule has 0 bridgehead atoms. The van der Waals surface area contributed by atoms with Gasteiger partial charge in [-0.2, -0.15) is 0 Å². The lowest BCUT2D eigenvalue weighted by molar-refractivity contribution is 0.462.